The molecular weight excluding hydrogens is 390 g/mol. The number of rotatable bonds is 7. The quantitative estimate of drug-likeness (QED) is 0.503. The minimum Gasteiger partial charge on any atom is -0.339 e. The van der Waals surface area contributed by atoms with Gasteiger partial charge < -0.3 is 9.47 Å². The summed E-state index contributed by atoms with van der Waals surface area (Å²) in [5.74, 6) is 0.621. The van der Waals surface area contributed by atoms with Gasteiger partial charge in [0.2, 0.25) is 0 Å². The van der Waals surface area contributed by atoms with Gasteiger partial charge in [0.1, 0.15) is 0 Å². The second-order valence-corrected chi connectivity index (χ2v) is 9.93. The normalized spacial score (nSPS) is 15.3. The molecule has 4 nitrogen and oxygen atoms in total. The lowest BCUT2D eigenvalue weighted by atomic mass is 10.0. The number of hydrogen-bond acceptors (Lipinski definition) is 3. The van der Waals surface area contributed by atoms with Crippen molar-refractivity contribution in [3.8, 4) is 5.69 Å². The molecule has 0 saturated carbocycles. The minimum atomic E-state index is 0.157. The van der Waals surface area contributed by atoms with Gasteiger partial charge in [-0.05, 0) is 60.7 Å². The first-order chi connectivity index (χ1) is 14.5. The molecule has 1 aliphatic rings. The van der Waals surface area contributed by atoms with Crippen molar-refractivity contribution < 1.29 is 4.79 Å². The molecule has 1 unspecified atom stereocenters. The lowest BCUT2D eigenvalue weighted by molar-refractivity contribution is 0.0793. The van der Waals surface area contributed by atoms with Gasteiger partial charge in [-0.2, -0.15) is 0 Å². The number of nitrogens with one attached hydrogen (secondary N) is 1. The summed E-state index contributed by atoms with van der Waals surface area (Å²) >= 11 is 1.79. The third kappa shape index (κ3) is 4.57. The minimum absolute atomic E-state index is 0.157. The number of carbonyl (C=O) groups is 1. The van der Waals surface area contributed by atoms with E-state index in [-0.39, 0.29) is 5.91 Å². The van der Waals surface area contributed by atoms with Gasteiger partial charge in [-0.3, -0.25) is 9.52 Å². The zero-order chi connectivity index (χ0) is 21.1. The lowest BCUT2D eigenvalue weighted by Crippen LogP contribution is -2.27. The number of hydrogen-bond donors (Lipinski definition) is 1. The third-order valence-electron chi connectivity index (χ3n) is 5.78. The van der Waals surface area contributed by atoms with Gasteiger partial charge in [-0.1, -0.05) is 44.9 Å². The van der Waals surface area contributed by atoms with Crippen LogP contribution in [0.3, 0.4) is 0 Å². The van der Waals surface area contributed by atoms with Crippen molar-refractivity contribution in [2.75, 3.05) is 19.6 Å². The highest BCUT2D eigenvalue weighted by molar-refractivity contribution is 7.97. The molecule has 1 N–H and O–H groups in total. The Morgan fingerprint density at radius 2 is 1.77 bits per heavy atom. The van der Waals surface area contributed by atoms with Crippen molar-refractivity contribution >= 4 is 28.8 Å². The number of likely N-dealkylation sites (tertiary alicyclic amines) is 1. The highest BCUT2D eigenvalue weighted by Crippen LogP contribution is 2.25. The summed E-state index contributed by atoms with van der Waals surface area (Å²) in [6.07, 6.45) is 4.32. The maximum absolute atomic E-state index is 12.7. The van der Waals surface area contributed by atoms with E-state index < -0.39 is 0 Å². The number of amides is 1. The van der Waals surface area contributed by atoms with E-state index in [0.29, 0.717) is 11.2 Å². The Morgan fingerprint density at radius 1 is 1.03 bits per heavy atom. The van der Waals surface area contributed by atoms with Crippen LogP contribution in [0.4, 0.5) is 0 Å². The predicted molar refractivity (Wildman–Crippen MR) is 128 cm³/mol. The van der Waals surface area contributed by atoms with Crippen LogP contribution in [-0.2, 0) is 0 Å². The standard InChI is InChI=1S/C25H31N3OS/c1-18(2)30-26-17-19(3)20-6-9-23(10-7-20)28-15-12-21-16-22(8-11-24(21)28)25(29)27-13-4-5-14-27/h6-12,15-16,18-19,26H,4-5,13-14,17H2,1-3H3. The number of aromatic nitrogens is 1. The molecule has 2 aromatic carbocycles. The monoisotopic (exact) mass is 421 g/mol. The fourth-order valence-corrected chi connectivity index (χ4v) is 4.70. The van der Waals surface area contributed by atoms with Gasteiger partial charge in [-0.15, -0.1) is 0 Å². The molecular formula is C25H31N3OS. The third-order valence-corrected chi connectivity index (χ3v) is 6.58. The van der Waals surface area contributed by atoms with E-state index in [1.165, 1.54) is 5.56 Å². The molecule has 0 radical (unpaired) electrons. The fraction of sp³-hybridized carbons (Fsp3) is 0.400. The summed E-state index contributed by atoms with van der Waals surface area (Å²) in [4.78, 5) is 14.7. The summed E-state index contributed by atoms with van der Waals surface area (Å²) < 4.78 is 5.66. The fourth-order valence-electron chi connectivity index (χ4n) is 4.02. The molecule has 1 amide bonds. The molecule has 4 rings (SSSR count). The predicted octanol–water partition coefficient (Wildman–Crippen LogP) is 5.62. The van der Waals surface area contributed by atoms with E-state index in [1.54, 1.807) is 11.9 Å². The highest BCUT2D eigenvalue weighted by Gasteiger charge is 2.20. The van der Waals surface area contributed by atoms with Crippen LogP contribution in [-0.4, -0.2) is 40.3 Å². The van der Waals surface area contributed by atoms with Crippen molar-refractivity contribution in [2.24, 2.45) is 0 Å². The average molecular weight is 422 g/mol. The van der Waals surface area contributed by atoms with Crippen LogP contribution in [0.1, 0.15) is 55.5 Å². The molecule has 3 aromatic rings. The molecule has 1 fully saturated rings. The van der Waals surface area contributed by atoms with Gasteiger partial charge in [-0.25, -0.2) is 0 Å². The smallest absolute Gasteiger partial charge is 0.253 e. The van der Waals surface area contributed by atoms with Crippen molar-refractivity contribution in [3.63, 3.8) is 0 Å². The number of benzene rings is 2. The highest BCUT2D eigenvalue weighted by atomic mass is 32.2. The molecule has 0 bridgehead atoms. The van der Waals surface area contributed by atoms with Crippen molar-refractivity contribution in [1.82, 2.24) is 14.2 Å². The van der Waals surface area contributed by atoms with Crippen LogP contribution < -0.4 is 4.72 Å². The van der Waals surface area contributed by atoms with E-state index in [4.69, 9.17) is 0 Å². The Morgan fingerprint density at radius 3 is 2.47 bits per heavy atom. The summed E-state index contributed by atoms with van der Waals surface area (Å²) in [6.45, 7) is 9.38. The van der Waals surface area contributed by atoms with Crippen LogP contribution in [0.5, 0.6) is 0 Å². The Bertz CT molecular complexity index is 1000. The van der Waals surface area contributed by atoms with Gasteiger partial charge in [0, 0.05) is 47.7 Å². The van der Waals surface area contributed by atoms with Crippen molar-refractivity contribution in [1.29, 1.82) is 0 Å². The zero-order valence-corrected chi connectivity index (χ0v) is 18.9. The molecule has 2 heterocycles. The molecule has 0 spiro atoms. The van der Waals surface area contributed by atoms with Gasteiger partial charge in [0.05, 0.1) is 5.52 Å². The van der Waals surface area contributed by atoms with Crippen molar-refractivity contribution in [3.05, 3.63) is 65.9 Å². The maximum atomic E-state index is 12.7. The number of fused-ring (bicyclic) bond motifs is 1. The molecule has 1 aliphatic heterocycles. The number of carbonyl (C=O) groups excluding carboxylic acids is 1. The zero-order valence-electron chi connectivity index (χ0n) is 18.1. The van der Waals surface area contributed by atoms with E-state index in [0.717, 1.165) is 54.6 Å². The van der Waals surface area contributed by atoms with Crippen LogP contribution >= 0.6 is 11.9 Å². The first kappa shape index (κ1) is 21.0. The Hall–Kier alpha value is -2.24. The molecule has 0 aliphatic carbocycles. The molecule has 1 atom stereocenters. The van der Waals surface area contributed by atoms with Gasteiger partial charge in [0.25, 0.3) is 5.91 Å². The average Bonchev–Trinajstić information content (AvgIpc) is 3.42. The summed E-state index contributed by atoms with van der Waals surface area (Å²) in [5, 5.41) is 1.69. The second-order valence-electron chi connectivity index (χ2n) is 8.47. The Balaban J connectivity index is 1.50. The van der Waals surface area contributed by atoms with E-state index >= 15 is 0 Å². The van der Waals surface area contributed by atoms with Crippen LogP contribution in [0, 0.1) is 0 Å². The topological polar surface area (TPSA) is 37.3 Å². The largest absolute Gasteiger partial charge is 0.339 e. The Kier molecular flexibility index (Phi) is 6.49. The van der Waals surface area contributed by atoms with Crippen LogP contribution in [0.25, 0.3) is 16.6 Å². The van der Waals surface area contributed by atoms with Gasteiger partial charge in [0.15, 0.2) is 0 Å². The van der Waals surface area contributed by atoms with E-state index in [2.05, 4.69) is 72.7 Å². The van der Waals surface area contributed by atoms with E-state index in [9.17, 15) is 4.79 Å². The van der Waals surface area contributed by atoms with E-state index in [1.807, 2.05) is 17.0 Å². The van der Waals surface area contributed by atoms with Crippen LogP contribution in [0.15, 0.2) is 54.7 Å². The van der Waals surface area contributed by atoms with Crippen molar-refractivity contribution in [2.45, 2.75) is 44.8 Å². The van der Waals surface area contributed by atoms with Crippen LogP contribution in [0.2, 0.25) is 0 Å². The first-order valence-corrected chi connectivity index (χ1v) is 11.8. The molecule has 158 valence electrons. The van der Waals surface area contributed by atoms with Gasteiger partial charge >= 0.3 is 0 Å². The summed E-state index contributed by atoms with van der Waals surface area (Å²) in [7, 11) is 0. The maximum Gasteiger partial charge on any atom is 0.253 e. The second kappa shape index (κ2) is 9.27. The Labute approximate surface area is 183 Å². The lowest BCUT2D eigenvalue weighted by Gasteiger charge is -2.16. The number of nitrogens with zero attached hydrogens (tertiary/aromatic N) is 2. The SMILES string of the molecule is CC(C)SNCC(C)c1ccc(-n2ccc3cc(C(=O)N4CCCC4)ccc32)cc1. The molecule has 1 saturated heterocycles. The summed E-state index contributed by atoms with van der Waals surface area (Å²) in [6, 6.07) is 17.0. The summed E-state index contributed by atoms with van der Waals surface area (Å²) in [5.41, 5.74) is 4.40. The molecule has 5 heteroatoms. The molecule has 1 aromatic heterocycles. The molecule has 30 heavy (non-hydrogen) atoms. The first-order valence-electron chi connectivity index (χ1n) is 10.9.